The molecular formula is C25H28ClF3N2O3. The van der Waals surface area contributed by atoms with E-state index in [4.69, 9.17) is 26.8 Å². The van der Waals surface area contributed by atoms with Crippen molar-refractivity contribution < 1.29 is 27.4 Å². The van der Waals surface area contributed by atoms with Crippen molar-refractivity contribution in [1.82, 2.24) is 4.90 Å². The van der Waals surface area contributed by atoms with Crippen molar-refractivity contribution >= 4 is 17.5 Å². The monoisotopic (exact) mass is 496 g/mol. The molecule has 184 valence electrons. The molecule has 0 radical (unpaired) electrons. The number of aryl methyl sites for hydroxylation is 1. The van der Waals surface area contributed by atoms with E-state index >= 15 is 0 Å². The Morgan fingerprint density at radius 3 is 2.56 bits per heavy atom. The first-order chi connectivity index (χ1) is 16.2. The number of hydrogen-bond donors (Lipinski definition) is 1. The normalized spacial score (nSPS) is 19.0. The molecule has 1 saturated heterocycles. The van der Waals surface area contributed by atoms with Gasteiger partial charge in [-0.3, -0.25) is 4.79 Å². The molecule has 5 rings (SSSR count). The van der Waals surface area contributed by atoms with E-state index in [0.717, 1.165) is 36.1 Å². The molecule has 1 atom stereocenters. The van der Waals surface area contributed by atoms with Crippen molar-refractivity contribution in [2.75, 3.05) is 32.8 Å². The van der Waals surface area contributed by atoms with Crippen LogP contribution in [0.3, 0.4) is 0 Å². The van der Waals surface area contributed by atoms with Crippen molar-refractivity contribution in [2.45, 2.75) is 38.0 Å². The van der Waals surface area contributed by atoms with Gasteiger partial charge in [0.05, 0.1) is 0 Å². The summed E-state index contributed by atoms with van der Waals surface area (Å²) in [6.45, 7) is 4.48. The number of likely N-dealkylation sites (tertiary alicyclic amines) is 1. The van der Waals surface area contributed by atoms with E-state index in [0.29, 0.717) is 24.0 Å². The highest BCUT2D eigenvalue weighted by atomic mass is 35.5. The molecule has 34 heavy (non-hydrogen) atoms. The van der Waals surface area contributed by atoms with Crippen LogP contribution in [0.25, 0.3) is 0 Å². The van der Waals surface area contributed by atoms with Gasteiger partial charge in [-0.2, -0.15) is 8.78 Å². The molecule has 2 aromatic carbocycles. The Kier molecular flexibility index (Phi) is 7.57. The maximum Gasteiger partial charge on any atom is 0.327 e. The number of benzene rings is 2. The second-order valence-electron chi connectivity index (χ2n) is 8.91. The zero-order valence-corrected chi connectivity index (χ0v) is 19.6. The van der Waals surface area contributed by atoms with Crippen LogP contribution in [0, 0.1) is 11.7 Å². The fourth-order valence-corrected chi connectivity index (χ4v) is 4.66. The van der Waals surface area contributed by atoms with Gasteiger partial charge in [-0.25, -0.2) is 4.39 Å². The molecule has 5 nitrogen and oxygen atoms in total. The van der Waals surface area contributed by atoms with E-state index in [2.05, 4.69) is 4.90 Å². The molecule has 1 unspecified atom stereocenters. The number of carbonyl (C=O) groups excluding carboxylic acids is 1. The highest BCUT2D eigenvalue weighted by Gasteiger charge is 2.47. The van der Waals surface area contributed by atoms with Crippen molar-refractivity contribution in [3.05, 3.63) is 57.9 Å². The van der Waals surface area contributed by atoms with E-state index in [9.17, 15) is 18.0 Å². The molecule has 1 aliphatic carbocycles. The zero-order valence-electron chi connectivity index (χ0n) is 18.8. The summed E-state index contributed by atoms with van der Waals surface area (Å²) in [5.74, 6) is -5.53. The Bertz CT molecular complexity index is 1050. The topological polar surface area (TPSA) is 64.8 Å². The van der Waals surface area contributed by atoms with Crippen LogP contribution >= 0.6 is 11.6 Å². The molecule has 2 aromatic rings. The van der Waals surface area contributed by atoms with Crippen LogP contribution in [0.4, 0.5) is 13.2 Å². The fourth-order valence-electron chi connectivity index (χ4n) is 4.46. The van der Waals surface area contributed by atoms with Gasteiger partial charge in [-0.1, -0.05) is 17.7 Å². The standard InChI is InChI=1S/C14H18FNO2.C11H10ClF2NO/c15-12-9-11(3-1-4-16-5-2-6-16)10-13-14(12)18-8-7-17-13;12-9-2-1-6-3-8(4-7(6)5-9)11(13,14)10(15)16/h9-10H,1-8H2;1-2,5,8H,3-4H2,(H2,15,16). The summed E-state index contributed by atoms with van der Waals surface area (Å²) >= 11 is 5.77. The number of primary amides is 1. The quantitative estimate of drug-likeness (QED) is 0.643. The minimum atomic E-state index is -3.45. The maximum absolute atomic E-state index is 13.8. The van der Waals surface area contributed by atoms with E-state index in [1.54, 1.807) is 24.3 Å². The number of amides is 1. The average molecular weight is 497 g/mol. The zero-order chi connectivity index (χ0) is 24.3. The van der Waals surface area contributed by atoms with Crippen LogP contribution < -0.4 is 15.2 Å². The smallest absolute Gasteiger partial charge is 0.327 e. The summed E-state index contributed by atoms with van der Waals surface area (Å²) in [4.78, 5) is 13.1. The number of fused-ring (bicyclic) bond motifs is 2. The lowest BCUT2D eigenvalue weighted by atomic mass is 9.98. The Labute approximate surface area is 202 Å². The van der Waals surface area contributed by atoms with E-state index in [1.165, 1.54) is 19.5 Å². The first-order valence-electron chi connectivity index (χ1n) is 11.5. The van der Waals surface area contributed by atoms with Gasteiger partial charge in [0.2, 0.25) is 0 Å². The SMILES string of the molecule is Fc1cc(CCCN2CCC2)cc2c1OCCO2.NC(=O)C(F)(F)C1Cc2ccc(Cl)cc2C1. The summed E-state index contributed by atoms with van der Waals surface area (Å²) in [5.41, 5.74) is 7.29. The lowest BCUT2D eigenvalue weighted by Crippen LogP contribution is -2.42. The van der Waals surface area contributed by atoms with Crippen LogP contribution in [0.1, 0.15) is 29.5 Å². The first-order valence-corrected chi connectivity index (χ1v) is 11.9. The molecule has 0 saturated carbocycles. The fraction of sp³-hybridized carbons (Fsp3) is 0.480. The lowest BCUT2D eigenvalue weighted by molar-refractivity contribution is -0.149. The Morgan fingerprint density at radius 2 is 1.85 bits per heavy atom. The van der Waals surface area contributed by atoms with Crippen LogP contribution in [0.15, 0.2) is 30.3 Å². The summed E-state index contributed by atoms with van der Waals surface area (Å²) in [6.07, 6.45) is 3.59. The second-order valence-corrected chi connectivity index (χ2v) is 9.34. The number of hydrogen-bond acceptors (Lipinski definition) is 4. The Morgan fingerprint density at radius 1 is 1.12 bits per heavy atom. The van der Waals surface area contributed by atoms with Gasteiger partial charge in [0.25, 0.3) is 5.91 Å². The Balaban J connectivity index is 0.000000162. The van der Waals surface area contributed by atoms with Gasteiger partial charge >= 0.3 is 5.92 Å². The average Bonchev–Trinajstić information content (AvgIpc) is 3.20. The third-order valence-corrected chi connectivity index (χ3v) is 6.72. The predicted octanol–water partition coefficient (Wildman–Crippen LogP) is 4.41. The molecule has 2 aliphatic heterocycles. The third-order valence-electron chi connectivity index (χ3n) is 6.49. The van der Waals surface area contributed by atoms with Crippen LogP contribution in [0.5, 0.6) is 11.5 Å². The summed E-state index contributed by atoms with van der Waals surface area (Å²) in [7, 11) is 0. The largest absolute Gasteiger partial charge is 0.486 e. The summed E-state index contributed by atoms with van der Waals surface area (Å²) < 4.78 is 51.3. The molecule has 1 amide bonds. The van der Waals surface area contributed by atoms with Crippen molar-refractivity contribution in [3.8, 4) is 11.5 Å². The minimum Gasteiger partial charge on any atom is -0.486 e. The van der Waals surface area contributed by atoms with E-state index < -0.39 is 17.7 Å². The maximum atomic E-state index is 13.8. The van der Waals surface area contributed by atoms with Crippen LogP contribution in [-0.2, 0) is 24.1 Å². The molecule has 3 aliphatic rings. The van der Waals surface area contributed by atoms with Crippen molar-refractivity contribution in [1.29, 1.82) is 0 Å². The van der Waals surface area contributed by atoms with E-state index in [1.807, 2.05) is 6.07 Å². The number of alkyl halides is 2. The number of rotatable bonds is 6. The third kappa shape index (κ3) is 5.61. The minimum absolute atomic E-state index is 0.145. The summed E-state index contributed by atoms with van der Waals surface area (Å²) in [5, 5.41) is 0.516. The first kappa shape index (κ1) is 24.7. The lowest BCUT2D eigenvalue weighted by Gasteiger charge is -2.30. The summed E-state index contributed by atoms with van der Waals surface area (Å²) in [6, 6.07) is 8.52. The molecule has 1 fully saturated rings. The molecular weight excluding hydrogens is 469 g/mol. The van der Waals surface area contributed by atoms with Gasteiger partial charge in [0, 0.05) is 10.9 Å². The van der Waals surface area contributed by atoms with Crippen molar-refractivity contribution in [2.24, 2.45) is 11.7 Å². The van der Waals surface area contributed by atoms with Gasteiger partial charge in [0.1, 0.15) is 13.2 Å². The van der Waals surface area contributed by atoms with Crippen LogP contribution in [-0.4, -0.2) is 49.6 Å². The van der Waals surface area contributed by atoms with Crippen molar-refractivity contribution in [3.63, 3.8) is 0 Å². The number of carbonyl (C=O) groups is 1. The van der Waals surface area contributed by atoms with Gasteiger partial charge in [-0.05, 0) is 92.7 Å². The molecule has 0 spiro atoms. The van der Waals surface area contributed by atoms with Gasteiger partial charge < -0.3 is 20.1 Å². The number of halogens is 4. The Hall–Kier alpha value is -2.45. The molecule has 0 bridgehead atoms. The number of nitrogens with zero attached hydrogens (tertiary/aromatic N) is 1. The predicted molar refractivity (Wildman–Crippen MR) is 123 cm³/mol. The molecule has 9 heteroatoms. The molecule has 2 N–H and O–H groups in total. The number of nitrogens with two attached hydrogens (primary N) is 1. The van der Waals surface area contributed by atoms with Crippen LogP contribution in [0.2, 0.25) is 5.02 Å². The molecule has 2 heterocycles. The highest BCUT2D eigenvalue weighted by Crippen LogP contribution is 2.38. The van der Waals surface area contributed by atoms with E-state index in [-0.39, 0.29) is 24.4 Å². The number of ether oxygens (including phenoxy) is 2. The second kappa shape index (κ2) is 10.4. The van der Waals surface area contributed by atoms with Gasteiger partial charge in [0.15, 0.2) is 17.3 Å². The van der Waals surface area contributed by atoms with Gasteiger partial charge in [-0.15, -0.1) is 0 Å². The highest BCUT2D eigenvalue weighted by molar-refractivity contribution is 6.30. The molecule has 0 aromatic heterocycles.